The predicted molar refractivity (Wildman–Crippen MR) is 167 cm³/mol. The molecule has 0 radical (unpaired) electrons. The van der Waals surface area contributed by atoms with Crippen LogP contribution in [0.15, 0.2) is 36.4 Å². The fourth-order valence-corrected chi connectivity index (χ4v) is 8.42. The van der Waals surface area contributed by atoms with Crippen LogP contribution in [0.2, 0.25) is 0 Å². The highest BCUT2D eigenvalue weighted by Crippen LogP contribution is 2.44. The first-order chi connectivity index (χ1) is 17.8. The normalized spacial score (nSPS) is 11.9. The molecule has 0 N–H and O–H groups in total. The number of hydrogen-bond acceptors (Lipinski definition) is 2. The van der Waals surface area contributed by atoms with E-state index in [4.69, 9.17) is 0 Å². The van der Waals surface area contributed by atoms with E-state index in [0.29, 0.717) is 0 Å². The SMILES string of the molecule is CCCCCCCCCCc1sc2c(ccc3sc4ccccc4c32)c1CCCCCCCCCC. The van der Waals surface area contributed by atoms with Gasteiger partial charge >= 0.3 is 0 Å². The van der Waals surface area contributed by atoms with Crippen molar-refractivity contribution in [2.24, 2.45) is 0 Å². The van der Waals surface area contributed by atoms with Gasteiger partial charge in [-0.1, -0.05) is 128 Å². The Labute approximate surface area is 228 Å². The summed E-state index contributed by atoms with van der Waals surface area (Å²) in [4.78, 5) is 1.70. The van der Waals surface area contributed by atoms with E-state index in [1.165, 1.54) is 136 Å². The minimum atomic E-state index is 1.27. The molecule has 0 amide bonds. The Morgan fingerprint density at radius 3 is 1.75 bits per heavy atom. The molecule has 4 aromatic rings. The van der Waals surface area contributed by atoms with Crippen molar-refractivity contribution in [2.75, 3.05) is 0 Å². The molecule has 0 saturated heterocycles. The fourth-order valence-electron chi connectivity index (χ4n) is 5.80. The zero-order chi connectivity index (χ0) is 25.0. The second-order valence-corrected chi connectivity index (χ2v) is 13.1. The monoisotopic (exact) mass is 520 g/mol. The smallest absolute Gasteiger partial charge is 0.0441 e. The lowest BCUT2D eigenvalue weighted by atomic mass is 9.98. The second-order valence-electron chi connectivity index (χ2n) is 10.9. The van der Waals surface area contributed by atoms with Gasteiger partial charge in [0.15, 0.2) is 0 Å². The number of aryl methyl sites for hydroxylation is 2. The van der Waals surface area contributed by atoms with Gasteiger partial charge in [-0.3, -0.25) is 0 Å². The van der Waals surface area contributed by atoms with Gasteiger partial charge in [0.1, 0.15) is 0 Å². The number of hydrogen-bond donors (Lipinski definition) is 0. The third kappa shape index (κ3) is 7.35. The van der Waals surface area contributed by atoms with Gasteiger partial charge in [0.2, 0.25) is 0 Å². The molecule has 2 aromatic heterocycles. The summed E-state index contributed by atoms with van der Waals surface area (Å²) in [6.45, 7) is 4.62. The Morgan fingerprint density at radius 2 is 1.08 bits per heavy atom. The molecule has 0 bridgehead atoms. The Morgan fingerprint density at radius 1 is 0.500 bits per heavy atom. The summed E-state index contributed by atoms with van der Waals surface area (Å²) >= 11 is 4.09. The van der Waals surface area contributed by atoms with Crippen molar-refractivity contribution in [3.63, 3.8) is 0 Å². The molecule has 4 rings (SSSR count). The molecule has 2 aromatic carbocycles. The van der Waals surface area contributed by atoms with Gasteiger partial charge in [0, 0.05) is 29.7 Å². The summed E-state index contributed by atoms with van der Waals surface area (Å²) in [5.41, 5.74) is 1.70. The zero-order valence-electron chi connectivity index (χ0n) is 23.0. The summed E-state index contributed by atoms with van der Waals surface area (Å²) in [5, 5.41) is 4.55. The van der Waals surface area contributed by atoms with E-state index < -0.39 is 0 Å². The van der Waals surface area contributed by atoms with E-state index in [-0.39, 0.29) is 0 Å². The number of rotatable bonds is 18. The Kier molecular flexibility index (Phi) is 11.6. The van der Waals surface area contributed by atoms with Crippen LogP contribution >= 0.6 is 22.7 Å². The van der Waals surface area contributed by atoms with Crippen molar-refractivity contribution in [1.82, 2.24) is 0 Å². The topological polar surface area (TPSA) is 0 Å². The summed E-state index contributed by atoms with van der Waals surface area (Å²) < 4.78 is 4.46. The number of unbranched alkanes of at least 4 members (excludes halogenated alkanes) is 14. The zero-order valence-corrected chi connectivity index (χ0v) is 24.6. The molecule has 0 atom stereocenters. The molecule has 0 spiro atoms. The number of thiophene rings is 2. The highest BCUT2D eigenvalue weighted by Gasteiger charge is 2.17. The fraction of sp³-hybridized carbons (Fsp3) is 0.588. The first kappa shape index (κ1) is 27.6. The maximum atomic E-state index is 2.46. The van der Waals surface area contributed by atoms with Crippen LogP contribution in [0.1, 0.15) is 127 Å². The van der Waals surface area contributed by atoms with Gasteiger partial charge in [-0.25, -0.2) is 0 Å². The van der Waals surface area contributed by atoms with E-state index in [9.17, 15) is 0 Å². The maximum Gasteiger partial charge on any atom is 0.0441 e. The standard InChI is InChI=1S/C34H48S2/c1-3-5-7-9-11-13-15-17-21-27-28-25-26-32-33(29-22-19-20-24-31(29)35-32)34(28)36-30(27)23-18-16-14-12-10-8-6-4-2/h19-20,22,24-26H,3-18,21,23H2,1-2H3. The quantitative estimate of drug-likeness (QED) is 0.114. The summed E-state index contributed by atoms with van der Waals surface area (Å²) in [6, 6.07) is 13.9. The molecule has 2 heteroatoms. The Hall–Kier alpha value is -1.38. The minimum Gasteiger partial charge on any atom is -0.139 e. The van der Waals surface area contributed by atoms with Gasteiger partial charge in [-0.2, -0.15) is 0 Å². The third-order valence-corrected chi connectivity index (χ3v) is 10.4. The Balaban J connectivity index is 1.45. The molecule has 0 nitrogen and oxygen atoms in total. The lowest BCUT2D eigenvalue weighted by Crippen LogP contribution is -1.92. The third-order valence-electron chi connectivity index (χ3n) is 7.92. The van der Waals surface area contributed by atoms with Crippen molar-refractivity contribution in [3.8, 4) is 0 Å². The average Bonchev–Trinajstić information content (AvgIpc) is 3.45. The van der Waals surface area contributed by atoms with Gasteiger partial charge in [-0.05, 0) is 48.8 Å². The lowest BCUT2D eigenvalue weighted by Gasteiger charge is -2.06. The van der Waals surface area contributed by atoms with Crippen molar-refractivity contribution >= 4 is 52.9 Å². The first-order valence-corrected chi connectivity index (χ1v) is 16.8. The Bertz CT molecular complexity index is 1180. The van der Waals surface area contributed by atoms with E-state index >= 15 is 0 Å². The molecule has 0 fully saturated rings. The molecule has 0 aliphatic carbocycles. The van der Waals surface area contributed by atoms with Gasteiger partial charge < -0.3 is 0 Å². The predicted octanol–water partition coefficient (Wildman–Crippen LogP) is 12.6. The van der Waals surface area contributed by atoms with Gasteiger partial charge in [0.25, 0.3) is 0 Å². The van der Waals surface area contributed by atoms with Gasteiger partial charge in [0.05, 0.1) is 0 Å². The maximum absolute atomic E-state index is 2.46. The van der Waals surface area contributed by atoms with Crippen LogP contribution in [0.5, 0.6) is 0 Å². The van der Waals surface area contributed by atoms with Crippen LogP contribution in [0, 0.1) is 0 Å². The van der Waals surface area contributed by atoms with Crippen LogP contribution in [-0.4, -0.2) is 0 Å². The average molecular weight is 521 g/mol. The van der Waals surface area contributed by atoms with Crippen LogP contribution in [-0.2, 0) is 12.8 Å². The summed E-state index contributed by atoms with van der Waals surface area (Å²) in [5.74, 6) is 0. The van der Waals surface area contributed by atoms with Crippen molar-refractivity contribution in [1.29, 1.82) is 0 Å². The van der Waals surface area contributed by atoms with E-state index in [2.05, 4.69) is 61.6 Å². The molecule has 0 aliphatic rings. The number of fused-ring (bicyclic) bond motifs is 5. The lowest BCUT2D eigenvalue weighted by molar-refractivity contribution is 0.572. The van der Waals surface area contributed by atoms with Crippen LogP contribution in [0.3, 0.4) is 0 Å². The molecule has 36 heavy (non-hydrogen) atoms. The van der Waals surface area contributed by atoms with E-state index in [1.54, 1.807) is 20.5 Å². The summed E-state index contributed by atoms with van der Waals surface area (Å²) in [7, 11) is 0. The molecular formula is C34H48S2. The first-order valence-electron chi connectivity index (χ1n) is 15.2. The molecule has 0 aliphatic heterocycles. The van der Waals surface area contributed by atoms with E-state index in [0.717, 1.165) is 0 Å². The van der Waals surface area contributed by atoms with Crippen LogP contribution in [0.25, 0.3) is 30.3 Å². The van der Waals surface area contributed by atoms with Crippen molar-refractivity contribution < 1.29 is 0 Å². The van der Waals surface area contributed by atoms with Crippen LogP contribution < -0.4 is 0 Å². The highest BCUT2D eigenvalue weighted by molar-refractivity contribution is 7.27. The summed E-state index contributed by atoms with van der Waals surface area (Å²) in [6.07, 6.45) is 25.0. The van der Waals surface area contributed by atoms with Crippen LogP contribution in [0.4, 0.5) is 0 Å². The highest BCUT2D eigenvalue weighted by atomic mass is 32.1. The molecule has 0 unspecified atom stereocenters. The molecule has 196 valence electrons. The molecular weight excluding hydrogens is 473 g/mol. The molecule has 0 saturated carbocycles. The van der Waals surface area contributed by atoms with Gasteiger partial charge in [-0.15, -0.1) is 22.7 Å². The largest absolute Gasteiger partial charge is 0.139 e. The molecule has 2 heterocycles. The van der Waals surface area contributed by atoms with Crippen molar-refractivity contribution in [2.45, 2.75) is 129 Å². The number of benzene rings is 2. The van der Waals surface area contributed by atoms with Crippen molar-refractivity contribution in [3.05, 3.63) is 46.8 Å². The van der Waals surface area contributed by atoms with E-state index in [1.807, 2.05) is 11.3 Å². The second kappa shape index (κ2) is 15.1. The minimum absolute atomic E-state index is 1.27.